The number of nitrogens with zero attached hydrogens (tertiary/aromatic N) is 2. The summed E-state index contributed by atoms with van der Waals surface area (Å²) >= 11 is 0. The lowest BCUT2D eigenvalue weighted by molar-refractivity contribution is 0.419. The minimum absolute atomic E-state index is 0.470. The third-order valence-corrected chi connectivity index (χ3v) is 2.75. The average molecular weight is 219 g/mol. The largest absolute Gasteiger partial charge is 0.467 e. The van der Waals surface area contributed by atoms with Gasteiger partial charge < -0.3 is 14.3 Å². The summed E-state index contributed by atoms with van der Waals surface area (Å²) in [5.41, 5.74) is 1.12. The second-order valence-corrected chi connectivity index (χ2v) is 4.11. The van der Waals surface area contributed by atoms with Crippen LogP contribution in [0.5, 0.6) is 0 Å². The quantitative estimate of drug-likeness (QED) is 0.855. The number of aromatic nitrogens is 2. The summed E-state index contributed by atoms with van der Waals surface area (Å²) in [4.78, 5) is 4.27. The van der Waals surface area contributed by atoms with Gasteiger partial charge in [-0.2, -0.15) is 4.98 Å². The molecule has 2 aromatic rings. The number of nitrogens with one attached hydrogen (secondary N) is 1. The third-order valence-electron chi connectivity index (χ3n) is 2.75. The maximum atomic E-state index is 5.30. The molecular formula is C11H13N3O2. The van der Waals surface area contributed by atoms with Crippen LogP contribution in [0.25, 0.3) is 0 Å². The van der Waals surface area contributed by atoms with E-state index >= 15 is 0 Å². The van der Waals surface area contributed by atoms with Crippen LogP contribution in [0, 0.1) is 6.92 Å². The highest BCUT2D eigenvalue weighted by molar-refractivity contribution is 5.24. The zero-order chi connectivity index (χ0) is 11.0. The van der Waals surface area contributed by atoms with Crippen molar-refractivity contribution < 1.29 is 8.94 Å². The van der Waals surface area contributed by atoms with E-state index in [0.717, 1.165) is 17.1 Å². The first kappa shape index (κ1) is 9.45. The number of aryl methyl sites for hydroxylation is 1. The van der Waals surface area contributed by atoms with E-state index in [0.29, 0.717) is 18.5 Å². The fourth-order valence-corrected chi connectivity index (χ4v) is 1.56. The average Bonchev–Trinajstić information content (AvgIpc) is 2.89. The van der Waals surface area contributed by atoms with Crippen LogP contribution >= 0.6 is 0 Å². The minimum Gasteiger partial charge on any atom is -0.467 e. The molecule has 5 nitrogen and oxygen atoms in total. The molecule has 1 aliphatic rings. The Morgan fingerprint density at radius 2 is 2.38 bits per heavy atom. The van der Waals surface area contributed by atoms with Crippen LogP contribution in [0.3, 0.4) is 0 Å². The monoisotopic (exact) mass is 219 g/mol. The first-order valence-electron chi connectivity index (χ1n) is 5.43. The van der Waals surface area contributed by atoms with Crippen LogP contribution in [0.15, 0.2) is 21.3 Å². The molecular weight excluding hydrogens is 206 g/mol. The molecule has 16 heavy (non-hydrogen) atoms. The molecule has 0 bridgehead atoms. The van der Waals surface area contributed by atoms with Gasteiger partial charge in [0.05, 0.1) is 12.8 Å². The number of hydrogen-bond donors (Lipinski definition) is 1. The van der Waals surface area contributed by atoms with Crippen LogP contribution in [-0.2, 0) is 6.54 Å². The predicted octanol–water partition coefficient (Wildman–Crippen LogP) is 2.46. The summed E-state index contributed by atoms with van der Waals surface area (Å²) in [7, 11) is 0. The molecule has 0 aromatic carbocycles. The molecule has 0 spiro atoms. The van der Waals surface area contributed by atoms with Crippen LogP contribution < -0.4 is 5.32 Å². The molecule has 0 aliphatic heterocycles. The van der Waals surface area contributed by atoms with Gasteiger partial charge in [-0.25, -0.2) is 0 Å². The summed E-state index contributed by atoms with van der Waals surface area (Å²) in [6.45, 7) is 2.58. The van der Waals surface area contributed by atoms with Crippen molar-refractivity contribution in [2.45, 2.75) is 32.2 Å². The Balaban J connectivity index is 1.63. The molecule has 5 heteroatoms. The number of anilines is 1. The van der Waals surface area contributed by atoms with Crippen molar-refractivity contribution >= 4 is 6.01 Å². The zero-order valence-corrected chi connectivity index (χ0v) is 9.06. The molecule has 0 atom stereocenters. The molecule has 84 valence electrons. The Bertz CT molecular complexity index is 485. The Labute approximate surface area is 92.8 Å². The molecule has 0 saturated heterocycles. The maximum absolute atomic E-state index is 5.30. The van der Waals surface area contributed by atoms with Gasteiger partial charge in [-0.15, -0.1) is 0 Å². The Morgan fingerprint density at radius 3 is 3.06 bits per heavy atom. The Kier molecular flexibility index (Phi) is 2.16. The van der Waals surface area contributed by atoms with Crippen LogP contribution in [-0.4, -0.2) is 10.1 Å². The van der Waals surface area contributed by atoms with Gasteiger partial charge in [0, 0.05) is 5.92 Å². The van der Waals surface area contributed by atoms with E-state index < -0.39 is 0 Å². The highest BCUT2D eigenvalue weighted by Gasteiger charge is 2.28. The van der Waals surface area contributed by atoms with Crippen molar-refractivity contribution in [1.82, 2.24) is 10.1 Å². The smallest absolute Gasteiger partial charge is 0.321 e. The van der Waals surface area contributed by atoms with Crippen LogP contribution in [0.1, 0.15) is 35.9 Å². The summed E-state index contributed by atoms with van der Waals surface area (Å²) in [6, 6.07) is 2.40. The standard InChI is InChI=1S/C11H13N3O2/c1-7-4-5-15-9(7)6-12-11-13-10(14-16-11)8-2-3-8/h4-5,8H,2-3,6H2,1H3,(H,12,13,14). The maximum Gasteiger partial charge on any atom is 0.321 e. The van der Waals surface area contributed by atoms with Crippen molar-refractivity contribution in [3.8, 4) is 0 Å². The molecule has 1 saturated carbocycles. The van der Waals surface area contributed by atoms with Crippen LogP contribution in [0.4, 0.5) is 6.01 Å². The fourth-order valence-electron chi connectivity index (χ4n) is 1.56. The van der Waals surface area contributed by atoms with Gasteiger partial charge in [-0.1, -0.05) is 5.16 Å². The van der Waals surface area contributed by atoms with Gasteiger partial charge >= 0.3 is 6.01 Å². The van der Waals surface area contributed by atoms with E-state index in [2.05, 4.69) is 15.5 Å². The summed E-state index contributed by atoms with van der Waals surface area (Å²) in [5, 5.41) is 6.98. The van der Waals surface area contributed by atoms with Crippen molar-refractivity contribution in [2.75, 3.05) is 5.32 Å². The van der Waals surface area contributed by atoms with E-state index in [-0.39, 0.29) is 0 Å². The molecule has 0 unspecified atom stereocenters. The summed E-state index contributed by atoms with van der Waals surface area (Å²) in [6.07, 6.45) is 4.03. The first-order chi connectivity index (χ1) is 7.83. The first-order valence-corrected chi connectivity index (χ1v) is 5.43. The topological polar surface area (TPSA) is 64.1 Å². The molecule has 3 rings (SSSR count). The third kappa shape index (κ3) is 1.80. The van der Waals surface area contributed by atoms with E-state index in [4.69, 9.17) is 8.94 Å². The molecule has 1 aliphatic carbocycles. The second kappa shape index (κ2) is 3.66. The molecule has 1 fully saturated rings. The number of hydrogen-bond acceptors (Lipinski definition) is 5. The van der Waals surface area contributed by atoms with Crippen molar-refractivity contribution in [1.29, 1.82) is 0 Å². The highest BCUT2D eigenvalue weighted by Crippen LogP contribution is 2.38. The van der Waals surface area contributed by atoms with E-state index in [1.54, 1.807) is 6.26 Å². The van der Waals surface area contributed by atoms with Crippen LogP contribution in [0.2, 0.25) is 0 Å². The Hall–Kier alpha value is -1.78. The zero-order valence-electron chi connectivity index (χ0n) is 9.06. The van der Waals surface area contributed by atoms with Gasteiger partial charge in [0.1, 0.15) is 5.76 Å². The van der Waals surface area contributed by atoms with E-state index in [1.165, 1.54) is 12.8 Å². The molecule has 1 N–H and O–H groups in total. The lowest BCUT2D eigenvalue weighted by Gasteiger charge is -1.98. The van der Waals surface area contributed by atoms with Gasteiger partial charge in [-0.05, 0) is 31.4 Å². The number of furan rings is 1. The highest BCUT2D eigenvalue weighted by atomic mass is 16.5. The fraction of sp³-hybridized carbons (Fsp3) is 0.455. The predicted molar refractivity (Wildman–Crippen MR) is 57.0 cm³/mol. The normalized spacial score (nSPS) is 15.3. The SMILES string of the molecule is Cc1ccoc1CNc1nc(C2CC2)no1. The van der Waals surface area contributed by atoms with Gasteiger partial charge in [0.15, 0.2) is 5.82 Å². The molecule has 2 heterocycles. The molecule has 0 radical (unpaired) electrons. The van der Waals surface area contributed by atoms with E-state index in [9.17, 15) is 0 Å². The summed E-state index contributed by atoms with van der Waals surface area (Å²) < 4.78 is 10.4. The summed E-state index contributed by atoms with van der Waals surface area (Å²) in [5.74, 6) is 2.23. The van der Waals surface area contributed by atoms with Crippen molar-refractivity contribution in [2.24, 2.45) is 0 Å². The number of rotatable bonds is 4. The van der Waals surface area contributed by atoms with Gasteiger partial charge in [0.2, 0.25) is 0 Å². The van der Waals surface area contributed by atoms with Gasteiger partial charge in [-0.3, -0.25) is 0 Å². The Morgan fingerprint density at radius 1 is 1.50 bits per heavy atom. The lowest BCUT2D eigenvalue weighted by Crippen LogP contribution is -1.99. The second-order valence-electron chi connectivity index (χ2n) is 4.11. The van der Waals surface area contributed by atoms with Crippen molar-refractivity contribution in [3.63, 3.8) is 0 Å². The van der Waals surface area contributed by atoms with Gasteiger partial charge in [0.25, 0.3) is 0 Å². The molecule has 2 aromatic heterocycles. The minimum atomic E-state index is 0.470. The lowest BCUT2D eigenvalue weighted by atomic mass is 10.3. The molecule has 0 amide bonds. The van der Waals surface area contributed by atoms with E-state index in [1.807, 2.05) is 13.0 Å². The van der Waals surface area contributed by atoms with Crippen molar-refractivity contribution in [3.05, 3.63) is 29.5 Å².